The van der Waals surface area contributed by atoms with Gasteiger partial charge in [-0.3, -0.25) is 0 Å². The molecule has 1 heteroatoms. The third kappa shape index (κ3) is 6.82. The molecular weight excluding hydrogens is 352 g/mol. The van der Waals surface area contributed by atoms with Gasteiger partial charge < -0.3 is 4.74 Å². The van der Waals surface area contributed by atoms with Gasteiger partial charge in [-0.15, -0.1) is 0 Å². The Morgan fingerprint density at radius 3 is 2.28 bits per heavy atom. The molecule has 0 bridgehead atoms. The maximum absolute atomic E-state index is 5.61. The van der Waals surface area contributed by atoms with Crippen LogP contribution in [0.2, 0.25) is 0 Å². The van der Waals surface area contributed by atoms with Crippen molar-refractivity contribution < 1.29 is 4.74 Å². The van der Waals surface area contributed by atoms with Gasteiger partial charge in [-0.1, -0.05) is 62.5 Å². The van der Waals surface area contributed by atoms with Gasteiger partial charge in [0, 0.05) is 5.56 Å². The van der Waals surface area contributed by atoms with Crippen molar-refractivity contribution in [2.75, 3.05) is 6.61 Å². The first-order chi connectivity index (χ1) is 14.3. The second-order valence-electron chi connectivity index (χ2n) is 8.10. The molecule has 2 aromatic rings. The summed E-state index contributed by atoms with van der Waals surface area (Å²) in [6.45, 7) is 5.12. The van der Waals surface area contributed by atoms with E-state index >= 15 is 0 Å². The minimum Gasteiger partial charge on any atom is -0.494 e. The van der Waals surface area contributed by atoms with E-state index in [1.807, 2.05) is 30.3 Å². The van der Waals surface area contributed by atoms with Crippen LogP contribution in [-0.4, -0.2) is 6.61 Å². The van der Waals surface area contributed by atoms with E-state index in [0.717, 1.165) is 30.3 Å². The fourth-order valence-corrected chi connectivity index (χ4v) is 4.05. The minimum absolute atomic E-state index is 0.671. The molecular formula is C28H34O. The average Bonchev–Trinajstić information content (AvgIpc) is 2.77. The molecule has 0 saturated heterocycles. The fourth-order valence-electron chi connectivity index (χ4n) is 4.05. The Labute approximate surface area is 177 Å². The van der Waals surface area contributed by atoms with Gasteiger partial charge in [-0.05, 0) is 91.8 Å². The predicted octanol–water partition coefficient (Wildman–Crippen LogP) is 7.31. The summed E-state index contributed by atoms with van der Waals surface area (Å²) in [7, 11) is 0. The van der Waals surface area contributed by atoms with Crippen LogP contribution in [0.25, 0.3) is 0 Å². The van der Waals surface area contributed by atoms with E-state index in [1.165, 1.54) is 49.7 Å². The molecule has 0 heterocycles. The number of hydrogen-bond acceptors (Lipinski definition) is 1. The summed E-state index contributed by atoms with van der Waals surface area (Å²) in [5.74, 6) is 8.75. The highest BCUT2D eigenvalue weighted by atomic mass is 16.5. The first kappa shape index (κ1) is 21.3. The summed E-state index contributed by atoms with van der Waals surface area (Å²) in [6, 6.07) is 17.4. The molecule has 1 nitrogen and oxygen atoms in total. The maximum atomic E-state index is 5.61. The van der Waals surface area contributed by atoms with Crippen molar-refractivity contribution in [3.8, 4) is 17.6 Å². The topological polar surface area (TPSA) is 9.23 Å². The van der Waals surface area contributed by atoms with Gasteiger partial charge in [0.2, 0.25) is 0 Å². The number of ether oxygens (including phenoxy) is 1. The third-order valence-electron chi connectivity index (χ3n) is 5.76. The van der Waals surface area contributed by atoms with E-state index in [9.17, 15) is 0 Å². The van der Waals surface area contributed by atoms with Gasteiger partial charge >= 0.3 is 0 Å². The smallest absolute Gasteiger partial charge is 0.119 e. The first-order valence-electron chi connectivity index (χ1n) is 11.3. The molecule has 0 amide bonds. The largest absolute Gasteiger partial charge is 0.494 e. The molecule has 0 radical (unpaired) electrons. The Balaban J connectivity index is 1.44. The van der Waals surface area contributed by atoms with Crippen molar-refractivity contribution in [3.63, 3.8) is 0 Å². The van der Waals surface area contributed by atoms with Crippen LogP contribution in [-0.2, 0) is 6.42 Å². The van der Waals surface area contributed by atoms with Gasteiger partial charge in [0.05, 0.1) is 6.61 Å². The minimum atomic E-state index is 0.671. The Hall–Kier alpha value is -2.46. The fraction of sp³-hybridized carbons (Fsp3) is 0.429. The van der Waals surface area contributed by atoms with E-state index in [-0.39, 0.29) is 0 Å². The summed E-state index contributed by atoms with van der Waals surface area (Å²) >= 11 is 0. The van der Waals surface area contributed by atoms with Crippen LogP contribution in [0.1, 0.15) is 75.0 Å². The standard InChI is InChI=1S/C28H34O/c1-3-7-23-10-16-26(17-11-23)27-18-12-24(13-19-27)8-5-6-9-25-14-20-28(21-15-25)29-22-4-2/h5,8,10-11,14-17,20-21,24,27H,3-4,7,12-13,18-19,22H2,1-2H3/b8-5+/t24-,27-. The van der Waals surface area contributed by atoms with E-state index in [2.05, 4.69) is 56.0 Å². The lowest BCUT2D eigenvalue weighted by Gasteiger charge is -2.27. The normalized spacial score (nSPS) is 19.0. The zero-order valence-corrected chi connectivity index (χ0v) is 18.0. The summed E-state index contributed by atoms with van der Waals surface area (Å²) in [6.07, 6.45) is 12.9. The lowest BCUT2D eigenvalue weighted by Crippen LogP contribution is -2.11. The summed E-state index contributed by atoms with van der Waals surface area (Å²) in [5.41, 5.74) is 4.03. The molecule has 152 valence electrons. The van der Waals surface area contributed by atoms with Crippen LogP contribution >= 0.6 is 0 Å². The zero-order valence-electron chi connectivity index (χ0n) is 18.0. The second kappa shape index (κ2) is 11.5. The Morgan fingerprint density at radius 2 is 1.62 bits per heavy atom. The molecule has 1 aliphatic carbocycles. The van der Waals surface area contributed by atoms with Crippen LogP contribution in [0.4, 0.5) is 0 Å². The van der Waals surface area contributed by atoms with Crippen LogP contribution in [0.5, 0.6) is 5.75 Å². The Morgan fingerprint density at radius 1 is 0.897 bits per heavy atom. The van der Waals surface area contributed by atoms with Gasteiger partial charge in [-0.25, -0.2) is 0 Å². The number of benzene rings is 2. The van der Waals surface area contributed by atoms with Crippen molar-refractivity contribution in [1.29, 1.82) is 0 Å². The quantitative estimate of drug-likeness (QED) is 0.453. The highest BCUT2D eigenvalue weighted by molar-refractivity contribution is 5.40. The van der Waals surface area contributed by atoms with Crippen LogP contribution in [0, 0.1) is 17.8 Å². The summed E-state index contributed by atoms with van der Waals surface area (Å²) in [4.78, 5) is 0. The molecule has 3 rings (SSSR count). The van der Waals surface area contributed by atoms with Crippen LogP contribution in [0.15, 0.2) is 60.7 Å². The number of allylic oxidation sites excluding steroid dienone is 2. The van der Waals surface area contributed by atoms with Gasteiger partial charge in [0.15, 0.2) is 0 Å². The predicted molar refractivity (Wildman–Crippen MR) is 123 cm³/mol. The Bertz CT molecular complexity index is 809. The number of aryl methyl sites for hydroxylation is 1. The van der Waals surface area contributed by atoms with Crippen LogP contribution in [0.3, 0.4) is 0 Å². The zero-order chi connectivity index (χ0) is 20.3. The molecule has 0 spiro atoms. The highest BCUT2D eigenvalue weighted by Gasteiger charge is 2.20. The van der Waals surface area contributed by atoms with Gasteiger partial charge in [-0.2, -0.15) is 0 Å². The molecule has 1 saturated carbocycles. The molecule has 29 heavy (non-hydrogen) atoms. The second-order valence-corrected chi connectivity index (χ2v) is 8.10. The van der Waals surface area contributed by atoms with E-state index in [4.69, 9.17) is 4.74 Å². The third-order valence-corrected chi connectivity index (χ3v) is 5.76. The van der Waals surface area contributed by atoms with Crippen molar-refractivity contribution >= 4 is 0 Å². The molecule has 2 aromatic carbocycles. The molecule has 1 aliphatic rings. The SMILES string of the molecule is CCCOc1ccc(C#C/C=C/[C@H]2CC[C@H](c3ccc(CCC)cc3)CC2)cc1. The molecule has 1 fully saturated rings. The van der Waals surface area contributed by atoms with E-state index in [1.54, 1.807) is 0 Å². The molecule has 0 unspecified atom stereocenters. The molecule has 0 aromatic heterocycles. The van der Waals surface area contributed by atoms with Gasteiger partial charge in [0.25, 0.3) is 0 Å². The van der Waals surface area contributed by atoms with Crippen molar-refractivity contribution in [2.24, 2.45) is 5.92 Å². The molecule has 0 atom stereocenters. The summed E-state index contributed by atoms with van der Waals surface area (Å²) < 4.78 is 5.61. The number of hydrogen-bond donors (Lipinski definition) is 0. The lowest BCUT2D eigenvalue weighted by molar-refractivity contribution is 0.317. The van der Waals surface area contributed by atoms with Crippen molar-refractivity contribution in [3.05, 3.63) is 77.4 Å². The monoisotopic (exact) mass is 386 g/mol. The lowest BCUT2D eigenvalue weighted by atomic mass is 9.78. The van der Waals surface area contributed by atoms with Crippen LogP contribution < -0.4 is 4.74 Å². The highest BCUT2D eigenvalue weighted by Crippen LogP contribution is 2.36. The molecule has 0 N–H and O–H groups in total. The average molecular weight is 387 g/mol. The Kier molecular flexibility index (Phi) is 8.44. The van der Waals surface area contributed by atoms with E-state index < -0.39 is 0 Å². The van der Waals surface area contributed by atoms with Crippen molar-refractivity contribution in [2.45, 2.75) is 64.7 Å². The first-order valence-corrected chi connectivity index (χ1v) is 11.3. The van der Waals surface area contributed by atoms with Gasteiger partial charge in [0.1, 0.15) is 5.75 Å². The molecule has 0 aliphatic heterocycles. The number of rotatable bonds is 7. The summed E-state index contributed by atoms with van der Waals surface area (Å²) in [5, 5.41) is 0. The van der Waals surface area contributed by atoms with E-state index in [0.29, 0.717) is 5.92 Å². The maximum Gasteiger partial charge on any atom is 0.119 e. The van der Waals surface area contributed by atoms with Crippen molar-refractivity contribution in [1.82, 2.24) is 0 Å².